The lowest BCUT2D eigenvalue weighted by molar-refractivity contribution is -0.0975. The van der Waals surface area contributed by atoms with E-state index in [0.29, 0.717) is 18.8 Å². The zero-order chi connectivity index (χ0) is 14.8. The van der Waals surface area contributed by atoms with Crippen LogP contribution in [0.3, 0.4) is 0 Å². The van der Waals surface area contributed by atoms with Crippen molar-refractivity contribution in [1.29, 1.82) is 0 Å². The van der Waals surface area contributed by atoms with Crippen molar-refractivity contribution in [3.05, 3.63) is 18.2 Å². The minimum Gasteiger partial charge on any atom is -0.494 e. The monoisotopic (exact) mass is 278 g/mol. The number of nitrogens with one attached hydrogen (secondary N) is 1. The van der Waals surface area contributed by atoms with Crippen molar-refractivity contribution < 1.29 is 9.47 Å². The molecule has 0 saturated heterocycles. The average molecular weight is 278 g/mol. The molecule has 1 saturated carbocycles. The van der Waals surface area contributed by atoms with Crippen molar-refractivity contribution in [3.63, 3.8) is 0 Å². The molecule has 3 N–H and O–H groups in total. The molecule has 0 amide bonds. The first-order chi connectivity index (χ1) is 9.47. The Kier molecular flexibility index (Phi) is 4.43. The first-order valence-corrected chi connectivity index (χ1v) is 7.38. The lowest BCUT2D eigenvalue weighted by atomic mass is 9.64. The van der Waals surface area contributed by atoms with Crippen LogP contribution in [0.1, 0.15) is 34.1 Å². The van der Waals surface area contributed by atoms with Crippen LogP contribution in [0.25, 0.3) is 0 Å². The maximum atomic E-state index is 5.92. The van der Waals surface area contributed by atoms with Crippen LogP contribution in [0.2, 0.25) is 0 Å². The molecule has 0 aliphatic heterocycles. The van der Waals surface area contributed by atoms with Crippen LogP contribution in [0.4, 0.5) is 11.4 Å². The normalized spacial score (nSPS) is 24.0. The Bertz CT molecular complexity index is 460. The Balaban J connectivity index is 2.04. The molecule has 2 unspecified atom stereocenters. The second kappa shape index (κ2) is 5.92. The van der Waals surface area contributed by atoms with Gasteiger partial charge < -0.3 is 20.5 Å². The van der Waals surface area contributed by atoms with Gasteiger partial charge in [0.15, 0.2) is 0 Å². The van der Waals surface area contributed by atoms with Gasteiger partial charge in [-0.15, -0.1) is 0 Å². The van der Waals surface area contributed by atoms with Gasteiger partial charge in [0.1, 0.15) is 5.75 Å². The molecule has 112 valence electrons. The van der Waals surface area contributed by atoms with Crippen LogP contribution in [0.15, 0.2) is 18.2 Å². The van der Waals surface area contributed by atoms with Crippen molar-refractivity contribution in [2.75, 3.05) is 24.3 Å². The van der Waals surface area contributed by atoms with Crippen molar-refractivity contribution in [2.45, 2.75) is 46.3 Å². The van der Waals surface area contributed by atoms with Gasteiger partial charge in [-0.25, -0.2) is 0 Å². The number of anilines is 2. The molecule has 1 aliphatic rings. The predicted octanol–water partition coefficient (Wildman–Crippen LogP) is 3.28. The molecular weight excluding hydrogens is 252 g/mol. The molecule has 1 aromatic rings. The first-order valence-electron chi connectivity index (χ1n) is 7.38. The van der Waals surface area contributed by atoms with E-state index in [1.807, 2.05) is 32.0 Å². The molecule has 0 heterocycles. The van der Waals surface area contributed by atoms with Gasteiger partial charge in [0.25, 0.3) is 0 Å². The molecule has 1 fully saturated rings. The van der Waals surface area contributed by atoms with Crippen molar-refractivity contribution in [2.24, 2.45) is 5.41 Å². The second-order valence-electron chi connectivity index (χ2n) is 5.92. The molecule has 0 bridgehead atoms. The highest BCUT2D eigenvalue weighted by molar-refractivity contribution is 5.60. The molecule has 0 spiro atoms. The molecule has 1 aromatic carbocycles. The van der Waals surface area contributed by atoms with Gasteiger partial charge in [0, 0.05) is 41.6 Å². The summed E-state index contributed by atoms with van der Waals surface area (Å²) < 4.78 is 11.3. The van der Waals surface area contributed by atoms with Crippen molar-refractivity contribution in [3.8, 4) is 5.75 Å². The van der Waals surface area contributed by atoms with Gasteiger partial charge in [-0.3, -0.25) is 0 Å². The van der Waals surface area contributed by atoms with Crippen LogP contribution < -0.4 is 15.8 Å². The Morgan fingerprint density at radius 2 is 2.00 bits per heavy atom. The molecule has 1 aliphatic carbocycles. The van der Waals surface area contributed by atoms with E-state index in [1.165, 1.54) is 0 Å². The van der Waals surface area contributed by atoms with E-state index in [-0.39, 0.29) is 5.41 Å². The Morgan fingerprint density at radius 3 is 2.60 bits per heavy atom. The summed E-state index contributed by atoms with van der Waals surface area (Å²) in [4.78, 5) is 0. The van der Waals surface area contributed by atoms with Gasteiger partial charge in [0.2, 0.25) is 0 Å². The molecule has 0 aromatic heterocycles. The third-order valence-electron chi connectivity index (χ3n) is 4.13. The molecule has 4 heteroatoms. The summed E-state index contributed by atoms with van der Waals surface area (Å²) in [5.41, 5.74) is 7.79. The minimum absolute atomic E-state index is 0.131. The third kappa shape index (κ3) is 3.01. The number of rotatable bonds is 6. The van der Waals surface area contributed by atoms with Crippen LogP contribution >= 0.6 is 0 Å². The lowest BCUT2D eigenvalue weighted by Gasteiger charge is -2.52. The van der Waals surface area contributed by atoms with E-state index >= 15 is 0 Å². The topological polar surface area (TPSA) is 56.5 Å². The number of hydrogen-bond donors (Lipinski definition) is 2. The van der Waals surface area contributed by atoms with E-state index in [0.717, 1.165) is 30.2 Å². The highest BCUT2D eigenvalue weighted by atomic mass is 16.5. The van der Waals surface area contributed by atoms with Crippen molar-refractivity contribution >= 4 is 11.4 Å². The number of benzene rings is 1. The quantitative estimate of drug-likeness (QED) is 0.784. The summed E-state index contributed by atoms with van der Waals surface area (Å²) in [7, 11) is 0. The standard InChI is InChI=1S/C16H26N2O2/c1-5-19-13-8-11(17)7-12(9-13)18-14-10-15(20-6-2)16(14,3)4/h7-9,14-15,18H,5-6,10,17H2,1-4H3. The summed E-state index contributed by atoms with van der Waals surface area (Å²) in [5.74, 6) is 0.813. The predicted molar refractivity (Wildman–Crippen MR) is 83.2 cm³/mol. The van der Waals surface area contributed by atoms with Gasteiger partial charge in [-0.1, -0.05) is 13.8 Å². The molecule has 4 nitrogen and oxygen atoms in total. The summed E-state index contributed by atoms with van der Waals surface area (Å²) in [6.07, 6.45) is 1.36. The fraction of sp³-hybridized carbons (Fsp3) is 0.625. The summed E-state index contributed by atoms with van der Waals surface area (Å²) in [5, 5.41) is 3.56. The van der Waals surface area contributed by atoms with E-state index in [9.17, 15) is 0 Å². The van der Waals surface area contributed by atoms with Crippen LogP contribution in [-0.2, 0) is 4.74 Å². The summed E-state index contributed by atoms with van der Waals surface area (Å²) in [6.45, 7) is 9.91. The van der Waals surface area contributed by atoms with Gasteiger partial charge in [0.05, 0.1) is 12.7 Å². The Morgan fingerprint density at radius 1 is 1.25 bits per heavy atom. The highest BCUT2D eigenvalue weighted by Crippen LogP contribution is 2.44. The third-order valence-corrected chi connectivity index (χ3v) is 4.13. The fourth-order valence-corrected chi connectivity index (χ4v) is 2.77. The number of hydrogen-bond acceptors (Lipinski definition) is 4. The zero-order valence-corrected chi connectivity index (χ0v) is 12.9. The van der Waals surface area contributed by atoms with Gasteiger partial charge in [-0.05, 0) is 26.3 Å². The molecule has 2 rings (SSSR count). The van der Waals surface area contributed by atoms with E-state index in [1.54, 1.807) is 0 Å². The van der Waals surface area contributed by atoms with E-state index in [2.05, 4.69) is 19.2 Å². The van der Waals surface area contributed by atoms with Gasteiger partial charge in [-0.2, -0.15) is 0 Å². The maximum Gasteiger partial charge on any atom is 0.123 e. The summed E-state index contributed by atoms with van der Waals surface area (Å²) in [6, 6.07) is 6.20. The van der Waals surface area contributed by atoms with Gasteiger partial charge >= 0.3 is 0 Å². The SMILES string of the molecule is CCOc1cc(N)cc(NC2CC(OCC)C2(C)C)c1. The number of nitrogen functional groups attached to an aromatic ring is 1. The number of nitrogens with two attached hydrogens (primary N) is 1. The summed E-state index contributed by atoms with van der Waals surface area (Å²) >= 11 is 0. The Labute approximate surface area is 121 Å². The number of ether oxygens (including phenoxy) is 2. The first kappa shape index (κ1) is 15.0. The molecule has 2 atom stereocenters. The average Bonchev–Trinajstić information content (AvgIpc) is 2.37. The highest BCUT2D eigenvalue weighted by Gasteiger charge is 2.48. The van der Waals surface area contributed by atoms with Crippen LogP contribution in [0.5, 0.6) is 5.75 Å². The minimum atomic E-state index is 0.131. The van der Waals surface area contributed by atoms with E-state index in [4.69, 9.17) is 15.2 Å². The lowest BCUT2D eigenvalue weighted by Crippen LogP contribution is -2.58. The largest absolute Gasteiger partial charge is 0.494 e. The molecule has 0 radical (unpaired) electrons. The van der Waals surface area contributed by atoms with Crippen LogP contribution in [-0.4, -0.2) is 25.4 Å². The second-order valence-corrected chi connectivity index (χ2v) is 5.92. The zero-order valence-electron chi connectivity index (χ0n) is 12.9. The smallest absolute Gasteiger partial charge is 0.123 e. The van der Waals surface area contributed by atoms with Crippen LogP contribution in [0, 0.1) is 5.41 Å². The van der Waals surface area contributed by atoms with E-state index < -0.39 is 0 Å². The fourth-order valence-electron chi connectivity index (χ4n) is 2.77. The molecular formula is C16H26N2O2. The Hall–Kier alpha value is -1.42. The van der Waals surface area contributed by atoms with Crippen molar-refractivity contribution in [1.82, 2.24) is 0 Å². The maximum absolute atomic E-state index is 5.92. The molecule has 20 heavy (non-hydrogen) atoms.